The summed E-state index contributed by atoms with van der Waals surface area (Å²) in [5.74, 6) is -4.82. The van der Waals surface area contributed by atoms with Crippen molar-refractivity contribution in [2.45, 2.75) is 147 Å². The van der Waals surface area contributed by atoms with Gasteiger partial charge in [0, 0.05) is 60.2 Å². The van der Waals surface area contributed by atoms with E-state index in [0.717, 1.165) is 5.56 Å². The molecule has 0 spiro atoms. The largest absolute Gasteiger partial charge is 0.379 e. The Balaban J connectivity index is 1.61. The molecule has 1 aromatic carbocycles. The summed E-state index contributed by atoms with van der Waals surface area (Å²) in [5, 5.41) is 7.80. The molecule has 22 nitrogen and oxygen atoms in total. The monoisotopic (exact) mass is 1130 g/mol. The van der Waals surface area contributed by atoms with Crippen molar-refractivity contribution in [1.29, 1.82) is 0 Å². The molecule has 1 aliphatic carbocycles. The van der Waals surface area contributed by atoms with Gasteiger partial charge in [-0.05, 0) is 57.1 Å². The third-order valence-electron chi connectivity index (χ3n) is 14.8. The maximum atomic E-state index is 14.7. The van der Waals surface area contributed by atoms with Gasteiger partial charge in [-0.15, -0.1) is 0 Å². The van der Waals surface area contributed by atoms with Gasteiger partial charge in [0.05, 0.1) is 87.4 Å². The highest BCUT2D eigenvalue weighted by Gasteiger charge is 2.44. The van der Waals surface area contributed by atoms with E-state index in [0.29, 0.717) is 76.6 Å². The standard InChI is InChI=1S/C56H91N7O15S/c1-12-39(6)50(62(9)56(71)48(37(2)3)59-55(70)49(38(4)5)61(8)26-30-77-32-34-78-33-31-76-29-24-57-53(68)42(22-27-64)23-28-65)46(74-10)36-47(66)63-25-16-19-45(63)51(75-11)40(7)52(67)58-44(35-41-17-14-13-15-18-41)54(69)60-79(72,73)43-20-21-43/h13-15,17-18,27-28,37,39-40,42-46,48-51H,4,12,16,19-26,29-36H2,1-3,5-11H3,(H,57,68)(H,58,67)(H,59,70)(H,60,69). The maximum absolute atomic E-state index is 14.7. The van der Waals surface area contributed by atoms with E-state index in [-0.39, 0.29) is 88.2 Å². The van der Waals surface area contributed by atoms with E-state index in [1.54, 1.807) is 66.9 Å². The average Bonchev–Trinajstić information content (AvgIpc) is 4.23. The molecule has 6 amide bonds. The minimum Gasteiger partial charge on any atom is -0.379 e. The number of likely N-dealkylation sites (tertiary alicyclic amines) is 1. The lowest BCUT2D eigenvalue weighted by Crippen LogP contribution is -2.59. The maximum Gasteiger partial charge on any atom is 0.256 e. The highest BCUT2D eigenvalue weighted by atomic mass is 32.2. The zero-order valence-corrected chi connectivity index (χ0v) is 49.1. The molecule has 9 unspecified atom stereocenters. The van der Waals surface area contributed by atoms with Gasteiger partial charge in [-0.25, -0.2) is 8.42 Å². The number of hydrogen-bond acceptors (Lipinski definition) is 16. The zero-order valence-electron chi connectivity index (χ0n) is 48.3. The number of rotatable bonds is 40. The molecule has 2 fully saturated rings. The van der Waals surface area contributed by atoms with Crippen molar-refractivity contribution in [3.05, 3.63) is 48.0 Å². The van der Waals surface area contributed by atoms with Crippen LogP contribution in [0.1, 0.15) is 98.5 Å². The molecular weight excluding hydrogens is 1040 g/mol. The Kier molecular flexibility index (Phi) is 30.0. The van der Waals surface area contributed by atoms with Crippen molar-refractivity contribution in [1.82, 2.24) is 35.4 Å². The molecular formula is C56H91N7O15S. The molecule has 1 saturated carbocycles. The second-order valence-corrected chi connectivity index (χ2v) is 23.1. The first-order valence-corrected chi connectivity index (χ1v) is 29.2. The summed E-state index contributed by atoms with van der Waals surface area (Å²) < 4.78 is 56.6. The minimum atomic E-state index is -3.90. The molecule has 3 rings (SSSR count). The fourth-order valence-corrected chi connectivity index (χ4v) is 11.3. The first-order valence-electron chi connectivity index (χ1n) is 27.6. The Morgan fingerprint density at radius 3 is 1.96 bits per heavy atom. The number of amides is 6. The number of aldehydes is 2. The molecule has 2 aliphatic rings. The van der Waals surface area contributed by atoms with Gasteiger partial charge in [-0.1, -0.05) is 83.5 Å². The summed E-state index contributed by atoms with van der Waals surface area (Å²) in [6.07, 6.45) is 2.28. The fourth-order valence-electron chi connectivity index (χ4n) is 9.92. The van der Waals surface area contributed by atoms with E-state index >= 15 is 0 Å². The van der Waals surface area contributed by atoms with Crippen LogP contribution in [0.5, 0.6) is 0 Å². The number of nitrogens with one attached hydrogen (secondary N) is 4. The molecule has 0 bridgehead atoms. The molecule has 0 aromatic heterocycles. The summed E-state index contributed by atoms with van der Waals surface area (Å²) in [4.78, 5) is 109. The Morgan fingerprint density at radius 1 is 0.810 bits per heavy atom. The Labute approximate surface area is 468 Å². The van der Waals surface area contributed by atoms with Gasteiger partial charge in [0.15, 0.2) is 0 Å². The lowest BCUT2D eigenvalue weighted by molar-refractivity contribution is -0.148. The summed E-state index contributed by atoms with van der Waals surface area (Å²) in [6.45, 7) is 17.8. The number of carbonyl (C=O) groups excluding carboxylic acids is 8. The van der Waals surface area contributed by atoms with Crippen molar-refractivity contribution in [2.75, 3.05) is 87.6 Å². The highest BCUT2D eigenvalue weighted by Crippen LogP contribution is 2.31. The molecule has 446 valence electrons. The van der Waals surface area contributed by atoms with Crippen LogP contribution in [0, 0.1) is 23.7 Å². The zero-order chi connectivity index (χ0) is 58.8. The number of benzene rings is 1. The first-order chi connectivity index (χ1) is 37.6. The van der Waals surface area contributed by atoms with Crippen molar-refractivity contribution in [2.24, 2.45) is 23.7 Å². The average molecular weight is 1130 g/mol. The van der Waals surface area contributed by atoms with Crippen LogP contribution in [0.4, 0.5) is 0 Å². The minimum absolute atomic E-state index is 0.0228. The summed E-state index contributed by atoms with van der Waals surface area (Å²) in [5.41, 5.74) is 1.28. The fraction of sp³-hybridized carbons (Fsp3) is 0.714. The lowest BCUT2D eigenvalue weighted by atomic mass is 9.89. The highest BCUT2D eigenvalue weighted by molar-refractivity contribution is 7.90. The van der Waals surface area contributed by atoms with E-state index in [9.17, 15) is 46.8 Å². The predicted molar refractivity (Wildman–Crippen MR) is 297 cm³/mol. The third-order valence-corrected chi connectivity index (χ3v) is 16.6. The number of hydrogen-bond donors (Lipinski definition) is 4. The van der Waals surface area contributed by atoms with Gasteiger partial charge in [0.1, 0.15) is 30.7 Å². The van der Waals surface area contributed by atoms with Gasteiger partial charge >= 0.3 is 0 Å². The summed E-state index contributed by atoms with van der Waals surface area (Å²) in [7, 11) is 2.50. The Bertz CT molecular complexity index is 2230. The van der Waals surface area contributed by atoms with Gasteiger partial charge in [0.25, 0.3) is 5.91 Å². The van der Waals surface area contributed by atoms with Gasteiger partial charge in [0.2, 0.25) is 39.6 Å². The molecule has 1 aromatic rings. The van der Waals surface area contributed by atoms with E-state index in [2.05, 4.69) is 27.3 Å². The van der Waals surface area contributed by atoms with E-state index in [4.69, 9.17) is 23.7 Å². The van der Waals surface area contributed by atoms with Crippen molar-refractivity contribution in [3.63, 3.8) is 0 Å². The molecule has 79 heavy (non-hydrogen) atoms. The number of likely N-dealkylation sites (N-methyl/N-ethyl adjacent to an activating group) is 2. The summed E-state index contributed by atoms with van der Waals surface area (Å²) >= 11 is 0. The molecule has 9 atom stereocenters. The molecule has 1 aliphatic heterocycles. The molecule has 0 radical (unpaired) electrons. The van der Waals surface area contributed by atoms with Crippen LogP contribution < -0.4 is 20.7 Å². The number of methoxy groups -OCH3 is 2. The third kappa shape index (κ3) is 21.7. The molecule has 1 saturated heterocycles. The van der Waals surface area contributed by atoms with Gasteiger partial charge < -0.3 is 59.0 Å². The second kappa shape index (κ2) is 34.9. The van der Waals surface area contributed by atoms with E-state index in [1.807, 2.05) is 33.8 Å². The molecule has 23 heteroatoms. The number of carbonyl (C=O) groups is 8. The second-order valence-electron chi connectivity index (χ2n) is 21.1. The van der Waals surface area contributed by atoms with Crippen LogP contribution in [0.15, 0.2) is 42.5 Å². The smallest absolute Gasteiger partial charge is 0.256 e. The van der Waals surface area contributed by atoms with Gasteiger partial charge in [-0.3, -0.25) is 38.4 Å². The van der Waals surface area contributed by atoms with Crippen LogP contribution in [0.2, 0.25) is 0 Å². The SMILES string of the molecule is C=C(C)C(C(=O)NC(C(=O)N(C)C(C(C)CC)C(CC(=O)N1CCCC1C(OC)C(C)C(=O)NC(Cc1ccccc1)C(=O)NS(=O)(=O)C1CC1)OC)C(C)C)N(C)CCOCCOCCOCCNC(=O)C(CC=O)CC=O. The van der Waals surface area contributed by atoms with Crippen LogP contribution in [-0.4, -0.2) is 206 Å². The van der Waals surface area contributed by atoms with E-state index in [1.165, 1.54) is 14.2 Å². The lowest BCUT2D eigenvalue weighted by Gasteiger charge is -2.41. The van der Waals surface area contributed by atoms with Crippen LogP contribution in [0.25, 0.3) is 0 Å². The topological polar surface area (TPSA) is 275 Å². The normalized spacial score (nSPS) is 17.7. The summed E-state index contributed by atoms with van der Waals surface area (Å²) in [6, 6.07) is 4.89. The Morgan fingerprint density at radius 2 is 1.42 bits per heavy atom. The van der Waals surface area contributed by atoms with Crippen molar-refractivity contribution < 1.29 is 70.5 Å². The van der Waals surface area contributed by atoms with Crippen molar-refractivity contribution in [3.8, 4) is 0 Å². The van der Waals surface area contributed by atoms with E-state index < -0.39 is 87.2 Å². The Hall–Kier alpha value is -5.17. The first kappa shape index (κ1) is 68.1. The van der Waals surface area contributed by atoms with Crippen LogP contribution >= 0.6 is 0 Å². The van der Waals surface area contributed by atoms with Crippen LogP contribution in [0.3, 0.4) is 0 Å². The molecule has 4 N–H and O–H groups in total. The van der Waals surface area contributed by atoms with Crippen LogP contribution in [-0.2, 0) is 78.5 Å². The number of ether oxygens (including phenoxy) is 5. The predicted octanol–water partition coefficient (Wildman–Crippen LogP) is 2.22. The number of nitrogens with zero attached hydrogens (tertiary/aromatic N) is 3. The van der Waals surface area contributed by atoms with Gasteiger partial charge in [-0.2, -0.15) is 0 Å². The molecule has 1 heterocycles. The quantitative estimate of drug-likeness (QED) is 0.0417. The van der Waals surface area contributed by atoms with Crippen molar-refractivity contribution >= 4 is 58.0 Å². The number of sulfonamides is 1.